The van der Waals surface area contributed by atoms with E-state index in [4.69, 9.17) is 5.21 Å². The van der Waals surface area contributed by atoms with Crippen molar-refractivity contribution in [3.8, 4) is 0 Å². The van der Waals surface area contributed by atoms with Gasteiger partial charge in [0, 0.05) is 39.2 Å². The van der Waals surface area contributed by atoms with Crippen molar-refractivity contribution in [3.05, 3.63) is 18.0 Å². The van der Waals surface area contributed by atoms with E-state index in [-0.39, 0.29) is 5.91 Å². The van der Waals surface area contributed by atoms with E-state index in [2.05, 4.69) is 10.3 Å². The highest BCUT2D eigenvalue weighted by atomic mass is 16.4. The molecule has 0 saturated carbocycles. The summed E-state index contributed by atoms with van der Waals surface area (Å²) in [5.41, 5.74) is 1.22. The van der Waals surface area contributed by atoms with E-state index in [9.17, 15) is 4.79 Å². The number of likely N-dealkylation sites (tertiary alicyclic amines) is 1. The van der Waals surface area contributed by atoms with Crippen LogP contribution in [-0.2, 0) is 7.05 Å². The van der Waals surface area contributed by atoms with Crippen molar-refractivity contribution in [1.82, 2.24) is 14.7 Å². The highest BCUT2D eigenvalue weighted by Crippen LogP contribution is 2.10. The smallest absolute Gasteiger partial charge is 0.274 e. The largest absolute Gasteiger partial charge is 0.411 e. The van der Waals surface area contributed by atoms with Crippen molar-refractivity contribution < 1.29 is 10.0 Å². The third kappa shape index (κ3) is 2.05. The van der Waals surface area contributed by atoms with Crippen LogP contribution >= 0.6 is 0 Å². The second-order valence-corrected chi connectivity index (χ2v) is 3.83. The molecule has 86 valence electrons. The first-order valence-electron chi connectivity index (χ1n) is 5.19. The molecule has 1 aliphatic rings. The van der Waals surface area contributed by atoms with Crippen LogP contribution in [0.3, 0.4) is 0 Å². The van der Waals surface area contributed by atoms with Crippen LogP contribution < -0.4 is 0 Å². The lowest BCUT2D eigenvalue weighted by molar-refractivity contribution is 0.0747. The van der Waals surface area contributed by atoms with Crippen molar-refractivity contribution in [3.63, 3.8) is 0 Å². The van der Waals surface area contributed by atoms with Crippen LogP contribution in [0.15, 0.2) is 17.4 Å². The molecule has 1 aromatic heterocycles. The summed E-state index contributed by atoms with van der Waals surface area (Å²) in [6.45, 7) is 1.18. The molecule has 16 heavy (non-hydrogen) atoms. The Bertz CT molecular complexity index is 414. The van der Waals surface area contributed by atoms with Crippen LogP contribution in [-0.4, -0.2) is 44.6 Å². The number of carbonyl (C=O) groups is 1. The normalized spacial score (nSPS) is 16.3. The van der Waals surface area contributed by atoms with Gasteiger partial charge in [-0.2, -0.15) is 5.10 Å². The molecule has 1 saturated heterocycles. The Morgan fingerprint density at radius 3 is 2.69 bits per heavy atom. The molecule has 2 rings (SSSR count). The minimum absolute atomic E-state index is 0.0578. The van der Waals surface area contributed by atoms with Gasteiger partial charge in [0.15, 0.2) is 0 Å². The second-order valence-electron chi connectivity index (χ2n) is 3.83. The highest BCUT2D eigenvalue weighted by molar-refractivity contribution is 5.94. The van der Waals surface area contributed by atoms with Crippen LogP contribution in [0.25, 0.3) is 0 Å². The lowest BCUT2D eigenvalue weighted by Crippen LogP contribution is -2.38. The van der Waals surface area contributed by atoms with Gasteiger partial charge in [-0.05, 0) is 6.07 Å². The molecular weight excluding hydrogens is 208 g/mol. The molecule has 6 nitrogen and oxygen atoms in total. The van der Waals surface area contributed by atoms with Gasteiger partial charge in [0.2, 0.25) is 0 Å². The lowest BCUT2D eigenvalue weighted by Gasteiger charge is -2.26. The van der Waals surface area contributed by atoms with Crippen molar-refractivity contribution in [1.29, 1.82) is 0 Å². The molecule has 1 aromatic rings. The Labute approximate surface area is 93.2 Å². The molecule has 6 heteroatoms. The van der Waals surface area contributed by atoms with Crippen molar-refractivity contribution in [2.45, 2.75) is 12.8 Å². The third-order valence-corrected chi connectivity index (χ3v) is 2.70. The number of piperidine rings is 1. The summed E-state index contributed by atoms with van der Waals surface area (Å²) >= 11 is 0. The van der Waals surface area contributed by atoms with Crippen LogP contribution in [0.2, 0.25) is 0 Å². The lowest BCUT2D eigenvalue weighted by atomic mass is 10.1. The number of rotatable bonds is 1. The predicted molar refractivity (Wildman–Crippen MR) is 57.6 cm³/mol. The first-order chi connectivity index (χ1) is 7.70. The quantitative estimate of drug-likeness (QED) is 0.555. The van der Waals surface area contributed by atoms with Crippen LogP contribution in [0.1, 0.15) is 23.3 Å². The summed E-state index contributed by atoms with van der Waals surface area (Å²) in [5, 5.41) is 15.9. The zero-order valence-electron chi connectivity index (χ0n) is 9.13. The van der Waals surface area contributed by atoms with Crippen molar-refractivity contribution in [2.24, 2.45) is 12.2 Å². The van der Waals surface area contributed by atoms with Crippen LogP contribution in [0, 0.1) is 0 Å². The molecule has 1 aliphatic heterocycles. The number of aromatic nitrogens is 2. The fourth-order valence-electron chi connectivity index (χ4n) is 1.76. The van der Waals surface area contributed by atoms with E-state index in [1.165, 1.54) is 0 Å². The zero-order valence-corrected chi connectivity index (χ0v) is 9.13. The molecule has 0 aliphatic carbocycles. The zero-order chi connectivity index (χ0) is 11.5. The monoisotopic (exact) mass is 222 g/mol. The minimum Gasteiger partial charge on any atom is -0.411 e. The van der Waals surface area contributed by atoms with Crippen LogP contribution in [0.5, 0.6) is 0 Å². The summed E-state index contributed by atoms with van der Waals surface area (Å²) in [6.07, 6.45) is 3.02. The van der Waals surface area contributed by atoms with E-state index in [0.717, 1.165) is 5.71 Å². The molecule has 0 aromatic carbocycles. The van der Waals surface area contributed by atoms with Gasteiger partial charge in [0.25, 0.3) is 5.91 Å². The minimum atomic E-state index is -0.0578. The number of amides is 1. The maximum absolute atomic E-state index is 12.0. The van der Waals surface area contributed by atoms with E-state index >= 15 is 0 Å². The van der Waals surface area contributed by atoms with E-state index < -0.39 is 0 Å². The molecule has 0 radical (unpaired) electrons. The van der Waals surface area contributed by atoms with Gasteiger partial charge in [-0.1, -0.05) is 5.16 Å². The molecule has 1 amide bonds. The third-order valence-electron chi connectivity index (χ3n) is 2.70. The first kappa shape index (κ1) is 10.7. The molecular formula is C10H14N4O2. The number of oxime groups is 1. The number of carbonyl (C=O) groups excluding carboxylic acids is 1. The molecule has 0 spiro atoms. The fraction of sp³-hybridized carbons (Fsp3) is 0.500. The average molecular weight is 222 g/mol. The maximum atomic E-state index is 12.0. The topological polar surface area (TPSA) is 70.7 Å². The molecule has 1 fully saturated rings. The Morgan fingerprint density at radius 1 is 1.50 bits per heavy atom. The van der Waals surface area contributed by atoms with Gasteiger partial charge in [-0.25, -0.2) is 0 Å². The van der Waals surface area contributed by atoms with E-state index in [1.54, 1.807) is 28.9 Å². The molecule has 2 heterocycles. The number of nitrogens with zero attached hydrogens (tertiary/aromatic N) is 4. The molecule has 0 atom stereocenters. The summed E-state index contributed by atoms with van der Waals surface area (Å²) in [4.78, 5) is 13.7. The molecule has 0 bridgehead atoms. The fourth-order valence-corrected chi connectivity index (χ4v) is 1.76. The number of hydrogen-bond donors (Lipinski definition) is 1. The van der Waals surface area contributed by atoms with Crippen molar-refractivity contribution >= 4 is 11.6 Å². The Morgan fingerprint density at radius 2 is 2.19 bits per heavy atom. The highest BCUT2D eigenvalue weighted by Gasteiger charge is 2.22. The summed E-state index contributed by atoms with van der Waals surface area (Å²) in [6, 6.07) is 1.71. The van der Waals surface area contributed by atoms with Crippen molar-refractivity contribution in [2.75, 3.05) is 13.1 Å². The predicted octanol–water partition coefficient (Wildman–Crippen LogP) is 0.486. The summed E-state index contributed by atoms with van der Waals surface area (Å²) < 4.78 is 1.61. The second kappa shape index (κ2) is 4.34. The summed E-state index contributed by atoms with van der Waals surface area (Å²) in [7, 11) is 1.78. The number of aryl methyl sites for hydroxylation is 1. The van der Waals surface area contributed by atoms with E-state index in [0.29, 0.717) is 31.6 Å². The van der Waals surface area contributed by atoms with E-state index in [1.807, 2.05) is 0 Å². The van der Waals surface area contributed by atoms with Gasteiger partial charge in [-0.3, -0.25) is 9.48 Å². The molecule has 1 N–H and O–H groups in total. The Kier molecular flexibility index (Phi) is 2.89. The summed E-state index contributed by atoms with van der Waals surface area (Å²) in [5.74, 6) is -0.0578. The van der Waals surface area contributed by atoms with Gasteiger partial charge < -0.3 is 10.1 Å². The first-order valence-corrected chi connectivity index (χ1v) is 5.19. The van der Waals surface area contributed by atoms with Crippen LogP contribution in [0.4, 0.5) is 0 Å². The van der Waals surface area contributed by atoms with Gasteiger partial charge in [0.1, 0.15) is 5.69 Å². The molecule has 0 unspecified atom stereocenters. The van der Waals surface area contributed by atoms with Gasteiger partial charge >= 0.3 is 0 Å². The maximum Gasteiger partial charge on any atom is 0.274 e. The number of hydrogen-bond acceptors (Lipinski definition) is 4. The van der Waals surface area contributed by atoms with Gasteiger partial charge in [-0.15, -0.1) is 0 Å². The van der Waals surface area contributed by atoms with Gasteiger partial charge in [0.05, 0.1) is 5.71 Å². The Hall–Kier alpha value is -1.85. The standard InChI is InChI=1S/C10H14N4O2/c1-13-5-4-9(11-13)10(15)14-6-2-8(12-16)3-7-14/h4-5,16H,2-3,6-7H2,1H3. The SMILES string of the molecule is Cn1ccc(C(=O)N2CCC(=NO)CC2)n1. The Balaban J connectivity index is 2.02. The average Bonchev–Trinajstić information content (AvgIpc) is 2.75.